The Kier molecular flexibility index (Phi) is 5.52. The van der Waals surface area contributed by atoms with Crippen LogP contribution in [0.15, 0.2) is 12.1 Å². The van der Waals surface area contributed by atoms with Gasteiger partial charge in [0, 0.05) is 26.6 Å². The van der Waals surface area contributed by atoms with Gasteiger partial charge in [-0.05, 0) is 24.8 Å². The molecule has 3 amide bonds. The lowest BCUT2D eigenvalue weighted by Crippen LogP contribution is -2.35. The highest BCUT2D eigenvalue weighted by Crippen LogP contribution is 2.26. The second-order valence-electron chi connectivity index (χ2n) is 5.95. The lowest BCUT2D eigenvalue weighted by molar-refractivity contribution is -0.114. The summed E-state index contributed by atoms with van der Waals surface area (Å²) in [5.74, 6) is -1.79. The summed E-state index contributed by atoms with van der Waals surface area (Å²) in [6.07, 6.45) is 4.53. The summed E-state index contributed by atoms with van der Waals surface area (Å²) in [5, 5.41) is 4.68. The average molecular weight is 325 g/mol. The first-order valence-electron chi connectivity index (χ1n) is 7.65. The Labute approximate surface area is 134 Å². The van der Waals surface area contributed by atoms with E-state index < -0.39 is 23.6 Å². The van der Waals surface area contributed by atoms with Gasteiger partial charge < -0.3 is 15.5 Å². The van der Waals surface area contributed by atoms with E-state index in [1.54, 1.807) is 7.05 Å². The van der Waals surface area contributed by atoms with Gasteiger partial charge in [0.2, 0.25) is 5.91 Å². The van der Waals surface area contributed by atoms with Gasteiger partial charge in [0.15, 0.2) is 0 Å². The zero-order valence-corrected chi connectivity index (χ0v) is 13.3. The van der Waals surface area contributed by atoms with E-state index in [0.717, 1.165) is 18.9 Å². The second-order valence-corrected chi connectivity index (χ2v) is 5.95. The van der Waals surface area contributed by atoms with E-state index in [-0.39, 0.29) is 11.4 Å². The van der Waals surface area contributed by atoms with Gasteiger partial charge in [-0.2, -0.15) is 0 Å². The number of anilines is 2. The van der Waals surface area contributed by atoms with Gasteiger partial charge in [0.1, 0.15) is 11.6 Å². The number of amides is 3. The normalized spacial score (nSPS) is 14.6. The van der Waals surface area contributed by atoms with Crippen molar-refractivity contribution in [1.82, 2.24) is 4.90 Å². The molecule has 0 bridgehead atoms. The third kappa shape index (κ3) is 4.64. The van der Waals surface area contributed by atoms with Crippen molar-refractivity contribution < 1.29 is 18.4 Å². The molecule has 1 aliphatic carbocycles. The van der Waals surface area contributed by atoms with Crippen LogP contribution in [0.2, 0.25) is 0 Å². The van der Waals surface area contributed by atoms with Crippen molar-refractivity contribution in [2.24, 2.45) is 5.92 Å². The monoisotopic (exact) mass is 325 g/mol. The summed E-state index contributed by atoms with van der Waals surface area (Å²) in [5.41, 5.74) is -0.342. The third-order valence-electron chi connectivity index (χ3n) is 3.96. The maximum Gasteiger partial charge on any atom is 0.321 e. The third-order valence-corrected chi connectivity index (χ3v) is 3.96. The molecule has 23 heavy (non-hydrogen) atoms. The van der Waals surface area contributed by atoms with E-state index in [4.69, 9.17) is 0 Å². The van der Waals surface area contributed by atoms with Crippen LogP contribution in [-0.2, 0) is 4.79 Å². The number of rotatable bonds is 4. The van der Waals surface area contributed by atoms with Crippen LogP contribution in [0.1, 0.15) is 32.6 Å². The van der Waals surface area contributed by atoms with Gasteiger partial charge in [-0.25, -0.2) is 13.6 Å². The zero-order valence-electron chi connectivity index (χ0n) is 13.3. The van der Waals surface area contributed by atoms with Crippen molar-refractivity contribution in [3.05, 3.63) is 23.8 Å². The quantitative estimate of drug-likeness (QED) is 0.889. The second kappa shape index (κ2) is 7.39. The summed E-state index contributed by atoms with van der Waals surface area (Å²) < 4.78 is 27.4. The number of hydrogen-bond donors (Lipinski definition) is 2. The van der Waals surface area contributed by atoms with E-state index in [0.29, 0.717) is 18.5 Å². The fraction of sp³-hybridized carbons (Fsp3) is 0.500. The first-order chi connectivity index (χ1) is 10.9. The molecule has 0 atom stereocenters. The van der Waals surface area contributed by atoms with Gasteiger partial charge in [0.05, 0.1) is 11.4 Å². The highest BCUT2D eigenvalue weighted by molar-refractivity contribution is 5.92. The van der Waals surface area contributed by atoms with E-state index in [1.807, 2.05) is 0 Å². The number of hydrogen-bond acceptors (Lipinski definition) is 2. The molecule has 0 spiro atoms. The molecule has 0 aromatic heterocycles. The Morgan fingerprint density at radius 2 is 1.70 bits per heavy atom. The first kappa shape index (κ1) is 17.2. The SMILES string of the molecule is CC(=O)Nc1cc(NC(=O)N(C)CC2CCCC2)c(F)cc1F. The summed E-state index contributed by atoms with van der Waals surface area (Å²) in [6, 6.07) is 1.25. The van der Waals surface area contributed by atoms with Crippen LogP contribution in [0.3, 0.4) is 0 Å². The number of nitrogens with one attached hydrogen (secondary N) is 2. The van der Waals surface area contributed by atoms with Crippen LogP contribution in [-0.4, -0.2) is 30.4 Å². The number of nitrogens with zero attached hydrogens (tertiary/aromatic N) is 1. The Morgan fingerprint density at radius 3 is 2.26 bits per heavy atom. The molecule has 126 valence electrons. The highest BCUT2D eigenvalue weighted by Gasteiger charge is 2.20. The van der Waals surface area contributed by atoms with E-state index in [2.05, 4.69) is 10.6 Å². The van der Waals surface area contributed by atoms with Crippen LogP contribution in [0.25, 0.3) is 0 Å². The number of halogens is 2. The van der Waals surface area contributed by atoms with Crippen LogP contribution in [0.4, 0.5) is 25.0 Å². The first-order valence-corrected chi connectivity index (χ1v) is 7.65. The minimum Gasteiger partial charge on any atom is -0.327 e. The fourth-order valence-corrected chi connectivity index (χ4v) is 2.80. The summed E-state index contributed by atoms with van der Waals surface area (Å²) >= 11 is 0. The summed E-state index contributed by atoms with van der Waals surface area (Å²) in [7, 11) is 1.64. The largest absolute Gasteiger partial charge is 0.327 e. The molecule has 0 aliphatic heterocycles. The molecule has 0 saturated heterocycles. The molecule has 7 heteroatoms. The molecule has 2 N–H and O–H groups in total. The van der Waals surface area contributed by atoms with Gasteiger partial charge >= 0.3 is 6.03 Å². The molecule has 2 rings (SSSR count). The van der Waals surface area contributed by atoms with Crippen LogP contribution < -0.4 is 10.6 Å². The van der Waals surface area contributed by atoms with Gasteiger partial charge in [-0.15, -0.1) is 0 Å². The molecule has 1 aromatic carbocycles. The van der Waals surface area contributed by atoms with E-state index in [1.165, 1.54) is 24.7 Å². The van der Waals surface area contributed by atoms with Crippen molar-refractivity contribution >= 4 is 23.3 Å². The number of carbonyl (C=O) groups excluding carboxylic acids is 2. The standard InChI is InChI=1S/C16H21F2N3O2/c1-10(22)19-14-8-15(13(18)7-12(14)17)20-16(23)21(2)9-11-5-3-4-6-11/h7-8,11H,3-6,9H2,1-2H3,(H,19,22)(H,20,23). The average Bonchev–Trinajstić information content (AvgIpc) is 2.96. The molecule has 1 fully saturated rings. The van der Waals surface area contributed by atoms with Crippen molar-refractivity contribution in [1.29, 1.82) is 0 Å². The van der Waals surface area contributed by atoms with Crippen molar-refractivity contribution in [3.63, 3.8) is 0 Å². The van der Waals surface area contributed by atoms with Crippen molar-refractivity contribution in [2.45, 2.75) is 32.6 Å². The lowest BCUT2D eigenvalue weighted by Gasteiger charge is -2.22. The summed E-state index contributed by atoms with van der Waals surface area (Å²) in [4.78, 5) is 24.7. The number of benzene rings is 1. The maximum absolute atomic E-state index is 13.8. The number of urea groups is 1. The Bertz CT molecular complexity index is 601. The molecule has 1 saturated carbocycles. The van der Waals surface area contributed by atoms with Crippen LogP contribution in [0, 0.1) is 17.6 Å². The molecular weight excluding hydrogens is 304 g/mol. The topological polar surface area (TPSA) is 61.4 Å². The van der Waals surface area contributed by atoms with Crippen molar-refractivity contribution in [3.8, 4) is 0 Å². The maximum atomic E-state index is 13.8. The van der Waals surface area contributed by atoms with Crippen LogP contribution >= 0.6 is 0 Å². The van der Waals surface area contributed by atoms with Gasteiger partial charge in [-0.3, -0.25) is 4.79 Å². The van der Waals surface area contributed by atoms with Gasteiger partial charge in [0.25, 0.3) is 0 Å². The Morgan fingerprint density at radius 1 is 1.13 bits per heavy atom. The van der Waals surface area contributed by atoms with E-state index >= 15 is 0 Å². The predicted octanol–water partition coefficient (Wildman–Crippen LogP) is 3.58. The van der Waals surface area contributed by atoms with Crippen LogP contribution in [0.5, 0.6) is 0 Å². The predicted molar refractivity (Wildman–Crippen MR) is 84.3 cm³/mol. The molecule has 1 aliphatic rings. The molecule has 5 nitrogen and oxygen atoms in total. The van der Waals surface area contributed by atoms with E-state index in [9.17, 15) is 18.4 Å². The molecule has 0 heterocycles. The zero-order chi connectivity index (χ0) is 17.0. The summed E-state index contributed by atoms with van der Waals surface area (Å²) in [6.45, 7) is 1.82. The minimum atomic E-state index is -0.894. The fourth-order valence-electron chi connectivity index (χ4n) is 2.80. The Balaban J connectivity index is 2.05. The molecule has 0 radical (unpaired) electrons. The molecule has 1 aromatic rings. The number of carbonyl (C=O) groups is 2. The molecule has 0 unspecified atom stereocenters. The van der Waals surface area contributed by atoms with Gasteiger partial charge in [-0.1, -0.05) is 12.8 Å². The minimum absolute atomic E-state index is 0.168. The molecular formula is C16H21F2N3O2. The Hall–Kier alpha value is -2.18. The smallest absolute Gasteiger partial charge is 0.321 e. The lowest BCUT2D eigenvalue weighted by atomic mass is 10.1. The highest BCUT2D eigenvalue weighted by atomic mass is 19.1. The van der Waals surface area contributed by atoms with Crippen molar-refractivity contribution in [2.75, 3.05) is 24.2 Å².